The molecule has 0 aliphatic carbocycles. The molecule has 0 amide bonds. The maximum atomic E-state index is 5.88. The average Bonchev–Trinajstić information content (AvgIpc) is 3.33. The minimum atomic E-state index is 0.154. The van der Waals surface area contributed by atoms with E-state index in [-0.39, 0.29) is 18.2 Å². The largest absolute Gasteiger partial charge is 0.494 e. The highest BCUT2D eigenvalue weighted by atomic mass is 16.5. The fraction of sp³-hybridized carbons (Fsp3) is 0.500. The van der Waals surface area contributed by atoms with Gasteiger partial charge in [0.2, 0.25) is 11.9 Å². The van der Waals surface area contributed by atoms with E-state index in [0.29, 0.717) is 5.95 Å². The molecule has 0 bridgehead atoms. The number of morpholine rings is 1. The molecule has 9 nitrogen and oxygen atoms in total. The van der Waals surface area contributed by atoms with E-state index in [1.54, 1.807) is 13.4 Å². The third-order valence-corrected chi connectivity index (χ3v) is 5.23. The Morgan fingerprint density at radius 2 is 1.94 bits per heavy atom. The number of hydrogen-bond donors (Lipinski definition) is 1. The van der Waals surface area contributed by atoms with Crippen molar-refractivity contribution in [3.05, 3.63) is 36.4 Å². The van der Waals surface area contributed by atoms with Crippen LogP contribution in [0.15, 0.2) is 30.7 Å². The Balaban J connectivity index is 1.60. The molecule has 9 heteroatoms. The number of aromatic nitrogens is 5. The second-order valence-electron chi connectivity index (χ2n) is 8.37. The molecule has 0 spiro atoms. The van der Waals surface area contributed by atoms with Crippen molar-refractivity contribution in [2.45, 2.75) is 52.9 Å². The SMILES string of the molecule is COc1cc(Nc2nc(N3CC(C)OC(C)C3)n(C(C)C)n2)ccc1-n1cnc(C)c1. The van der Waals surface area contributed by atoms with Gasteiger partial charge in [-0.05, 0) is 46.8 Å². The highest BCUT2D eigenvalue weighted by Crippen LogP contribution is 2.29. The molecule has 3 aromatic rings. The number of rotatable bonds is 6. The quantitative estimate of drug-likeness (QED) is 0.644. The highest BCUT2D eigenvalue weighted by molar-refractivity contribution is 5.62. The van der Waals surface area contributed by atoms with Crippen molar-refractivity contribution in [3.63, 3.8) is 0 Å². The van der Waals surface area contributed by atoms with Gasteiger partial charge < -0.3 is 24.3 Å². The van der Waals surface area contributed by atoms with Gasteiger partial charge >= 0.3 is 0 Å². The molecule has 166 valence electrons. The molecule has 0 radical (unpaired) electrons. The zero-order valence-corrected chi connectivity index (χ0v) is 19.0. The topological polar surface area (TPSA) is 82.3 Å². The van der Waals surface area contributed by atoms with Gasteiger partial charge in [0, 0.05) is 31.0 Å². The number of imidazole rings is 1. The van der Waals surface area contributed by atoms with E-state index in [4.69, 9.17) is 19.6 Å². The van der Waals surface area contributed by atoms with Gasteiger partial charge in [-0.15, -0.1) is 5.10 Å². The van der Waals surface area contributed by atoms with E-state index in [1.165, 1.54) is 0 Å². The molecule has 1 fully saturated rings. The molecular weight excluding hydrogens is 394 g/mol. The third-order valence-electron chi connectivity index (χ3n) is 5.23. The van der Waals surface area contributed by atoms with Crippen LogP contribution in [0.2, 0.25) is 0 Å². The molecule has 0 saturated carbocycles. The standard InChI is InChI=1S/C22H31N7O2/c1-14(2)29-22(27-11-16(4)31-17(5)12-27)25-21(26-29)24-18-7-8-19(20(9-18)30-6)28-10-15(3)23-13-28/h7-10,13-14,16-17H,11-12H2,1-6H3,(H,24,26). The first-order chi connectivity index (χ1) is 14.8. The number of benzene rings is 1. The second-order valence-corrected chi connectivity index (χ2v) is 8.37. The monoisotopic (exact) mass is 425 g/mol. The molecule has 1 saturated heterocycles. The molecule has 1 aliphatic rings. The van der Waals surface area contributed by atoms with Crippen LogP contribution in [0, 0.1) is 6.92 Å². The molecule has 1 N–H and O–H groups in total. The summed E-state index contributed by atoms with van der Waals surface area (Å²) in [7, 11) is 1.66. The van der Waals surface area contributed by atoms with Crippen molar-refractivity contribution in [1.29, 1.82) is 0 Å². The van der Waals surface area contributed by atoms with Crippen LogP contribution in [0.3, 0.4) is 0 Å². The number of methoxy groups -OCH3 is 1. The van der Waals surface area contributed by atoms with Crippen LogP contribution in [-0.4, -0.2) is 56.7 Å². The van der Waals surface area contributed by atoms with E-state index in [1.807, 2.05) is 40.6 Å². The summed E-state index contributed by atoms with van der Waals surface area (Å²) >= 11 is 0. The Morgan fingerprint density at radius 1 is 1.19 bits per heavy atom. The minimum Gasteiger partial charge on any atom is -0.494 e. The van der Waals surface area contributed by atoms with E-state index >= 15 is 0 Å². The molecule has 2 unspecified atom stereocenters. The van der Waals surface area contributed by atoms with E-state index in [0.717, 1.165) is 41.9 Å². The van der Waals surface area contributed by atoms with Crippen molar-refractivity contribution in [2.24, 2.45) is 0 Å². The van der Waals surface area contributed by atoms with Gasteiger partial charge in [0.1, 0.15) is 5.75 Å². The Morgan fingerprint density at radius 3 is 2.55 bits per heavy atom. The van der Waals surface area contributed by atoms with Crippen LogP contribution in [0.25, 0.3) is 5.69 Å². The summed E-state index contributed by atoms with van der Waals surface area (Å²) in [5.41, 5.74) is 2.73. The van der Waals surface area contributed by atoms with Crippen molar-refractivity contribution in [2.75, 3.05) is 30.4 Å². The van der Waals surface area contributed by atoms with Crippen molar-refractivity contribution < 1.29 is 9.47 Å². The average molecular weight is 426 g/mol. The van der Waals surface area contributed by atoms with Crippen LogP contribution in [-0.2, 0) is 4.74 Å². The van der Waals surface area contributed by atoms with E-state index < -0.39 is 0 Å². The fourth-order valence-corrected chi connectivity index (χ4v) is 3.92. The maximum absolute atomic E-state index is 5.88. The Kier molecular flexibility index (Phi) is 5.86. The lowest BCUT2D eigenvalue weighted by Crippen LogP contribution is -2.46. The number of aryl methyl sites for hydroxylation is 1. The molecule has 1 aliphatic heterocycles. The lowest BCUT2D eigenvalue weighted by atomic mass is 10.2. The molecule has 4 rings (SSSR count). The van der Waals surface area contributed by atoms with Crippen molar-refractivity contribution in [1.82, 2.24) is 24.3 Å². The van der Waals surface area contributed by atoms with Gasteiger partial charge in [0.05, 0.1) is 43.1 Å². The number of ether oxygens (including phenoxy) is 2. The second kappa shape index (κ2) is 8.58. The van der Waals surface area contributed by atoms with Crippen LogP contribution < -0.4 is 15.0 Å². The summed E-state index contributed by atoms with van der Waals surface area (Å²) in [5.74, 6) is 2.16. The summed E-state index contributed by atoms with van der Waals surface area (Å²) < 4.78 is 15.4. The minimum absolute atomic E-state index is 0.154. The Hall–Kier alpha value is -3.07. The van der Waals surface area contributed by atoms with Gasteiger partial charge in [-0.25, -0.2) is 9.67 Å². The first kappa shape index (κ1) is 21.2. The summed E-state index contributed by atoms with van der Waals surface area (Å²) in [5, 5.41) is 8.06. The fourth-order valence-electron chi connectivity index (χ4n) is 3.92. The van der Waals surface area contributed by atoms with Gasteiger partial charge in [0.25, 0.3) is 0 Å². The molecule has 3 heterocycles. The molecule has 1 aromatic carbocycles. The van der Waals surface area contributed by atoms with Crippen LogP contribution in [0.4, 0.5) is 17.6 Å². The summed E-state index contributed by atoms with van der Waals surface area (Å²) in [4.78, 5) is 11.4. The predicted molar refractivity (Wildman–Crippen MR) is 121 cm³/mol. The smallest absolute Gasteiger partial charge is 0.248 e. The molecule has 31 heavy (non-hydrogen) atoms. The van der Waals surface area contributed by atoms with Gasteiger partial charge in [-0.2, -0.15) is 4.98 Å². The first-order valence-corrected chi connectivity index (χ1v) is 10.7. The normalized spacial score (nSPS) is 19.1. The molecule has 2 atom stereocenters. The zero-order valence-electron chi connectivity index (χ0n) is 19.0. The third kappa shape index (κ3) is 4.51. The van der Waals surface area contributed by atoms with Crippen LogP contribution >= 0.6 is 0 Å². The van der Waals surface area contributed by atoms with Gasteiger partial charge in [-0.3, -0.25) is 0 Å². The summed E-state index contributed by atoms with van der Waals surface area (Å²) in [6, 6.07) is 6.11. The van der Waals surface area contributed by atoms with Gasteiger partial charge in [0.15, 0.2) is 0 Å². The van der Waals surface area contributed by atoms with Crippen LogP contribution in [0.5, 0.6) is 5.75 Å². The Labute approximate surface area is 183 Å². The van der Waals surface area contributed by atoms with Crippen molar-refractivity contribution in [3.8, 4) is 11.4 Å². The number of hydrogen-bond acceptors (Lipinski definition) is 7. The zero-order chi connectivity index (χ0) is 22.1. The van der Waals surface area contributed by atoms with Crippen molar-refractivity contribution >= 4 is 17.6 Å². The highest BCUT2D eigenvalue weighted by Gasteiger charge is 2.27. The Bertz CT molecular complexity index is 1030. The van der Waals surface area contributed by atoms with Gasteiger partial charge in [-0.1, -0.05) is 0 Å². The lowest BCUT2D eigenvalue weighted by Gasteiger charge is -2.36. The van der Waals surface area contributed by atoms with E-state index in [9.17, 15) is 0 Å². The van der Waals surface area contributed by atoms with E-state index in [2.05, 4.69) is 42.9 Å². The summed E-state index contributed by atoms with van der Waals surface area (Å²) in [6.45, 7) is 12.0. The molecular formula is C22H31N7O2. The lowest BCUT2D eigenvalue weighted by molar-refractivity contribution is -0.00601. The molecule has 2 aromatic heterocycles. The first-order valence-electron chi connectivity index (χ1n) is 10.7. The number of nitrogens with zero attached hydrogens (tertiary/aromatic N) is 6. The summed E-state index contributed by atoms with van der Waals surface area (Å²) in [6.07, 6.45) is 4.05. The van der Waals surface area contributed by atoms with Crippen LogP contribution in [0.1, 0.15) is 39.4 Å². The number of nitrogens with one attached hydrogen (secondary N) is 1. The number of anilines is 3. The maximum Gasteiger partial charge on any atom is 0.248 e. The predicted octanol–water partition coefficient (Wildman–Crippen LogP) is 3.72.